The molecule has 0 radical (unpaired) electrons. The Hall–Kier alpha value is -5.40. The fraction of sp³-hybridized carbons (Fsp3) is 0.0698. The summed E-state index contributed by atoms with van der Waals surface area (Å²) in [5.74, 6) is 0. The molecule has 1 heteroatoms. The van der Waals surface area contributed by atoms with E-state index in [1.54, 1.807) is 0 Å². The Balaban J connectivity index is 1.27. The lowest BCUT2D eigenvalue weighted by Crippen LogP contribution is -2.17. The molecule has 7 aromatic carbocycles. The van der Waals surface area contributed by atoms with Crippen molar-refractivity contribution in [1.29, 1.82) is 0 Å². The third kappa shape index (κ3) is 4.24. The predicted octanol–water partition coefficient (Wildman–Crippen LogP) is 11.9. The molecule has 0 bridgehead atoms. The molecule has 0 amide bonds. The second kappa shape index (κ2) is 10.4. The number of fused-ring (bicyclic) bond motifs is 4. The maximum absolute atomic E-state index is 2.43. The highest BCUT2D eigenvalue weighted by Gasteiger charge is 2.36. The summed E-state index contributed by atoms with van der Waals surface area (Å²) in [5.41, 5.74) is 13.7. The van der Waals surface area contributed by atoms with Gasteiger partial charge in [0, 0.05) is 22.4 Å². The number of para-hydroxylation sites is 2. The van der Waals surface area contributed by atoms with Crippen molar-refractivity contribution in [2.75, 3.05) is 4.90 Å². The van der Waals surface area contributed by atoms with Crippen molar-refractivity contribution in [2.24, 2.45) is 0 Å². The van der Waals surface area contributed by atoms with Crippen molar-refractivity contribution in [3.05, 3.63) is 175 Å². The second-order valence-corrected chi connectivity index (χ2v) is 12.2. The summed E-state index contributed by atoms with van der Waals surface area (Å²) in [4.78, 5) is 2.41. The van der Waals surface area contributed by atoms with Crippen molar-refractivity contribution < 1.29 is 0 Å². The smallest absolute Gasteiger partial charge is 0.0540 e. The Morgan fingerprint density at radius 1 is 0.409 bits per heavy atom. The van der Waals surface area contributed by atoms with E-state index >= 15 is 0 Å². The number of benzene rings is 7. The SMILES string of the molecule is CC1(C)c2cc(-c3cccc4ccccc34)ccc2-c2ccc(N(c3ccccc3)c3ccccc3-c3ccccc3)cc21. The lowest BCUT2D eigenvalue weighted by Gasteiger charge is -2.29. The van der Waals surface area contributed by atoms with E-state index in [0.29, 0.717) is 0 Å². The van der Waals surface area contributed by atoms with Crippen LogP contribution in [0.1, 0.15) is 25.0 Å². The van der Waals surface area contributed by atoms with Gasteiger partial charge in [0.15, 0.2) is 0 Å². The highest BCUT2D eigenvalue weighted by atomic mass is 15.1. The average Bonchev–Trinajstić information content (AvgIpc) is 3.31. The third-order valence-electron chi connectivity index (χ3n) is 9.26. The Labute approximate surface area is 259 Å². The summed E-state index contributed by atoms with van der Waals surface area (Å²) < 4.78 is 0. The van der Waals surface area contributed by atoms with Gasteiger partial charge in [-0.2, -0.15) is 0 Å². The largest absolute Gasteiger partial charge is 0.310 e. The first-order valence-corrected chi connectivity index (χ1v) is 15.4. The van der Waals surface area contributed by atoms with Gasteiger partial charge in [-0.05, 0) is 86.1 Å². The Morgan fingerprint density at radius 3 is 1.84 bits per heavy atom. The zero-order chi connectivity index (χ0) is 29.7. The highest BCUT2D eigenvalue weighted by molar-refractivity contribution is 5.98. The normalized spacial score (nSPS) is 13.0. The first-order valence-electron chi connectivity index (χ1n) is 15.4. The van der Waals surface area contributed by atoms with E-state index in [2.05, 4.69) is 183 Å². The number of hydrogen-bond acceptors (Lipinski definition) is 1. The maximum Gasteiger partial charge on any atom is 0.0540 e. The monoisotopic (exact) mass is 563 g/mol. The molecule has 0 atom stereocenters. The van der Waals surface area contributed by atoms with E-state index in [-0.39, 0.29) is 5.41 Å². The molecular weight excluding hydrogens is 530 g/mol. The van der Waals surface area contributed by atoms with Crippen LogP contribution in [-0.2, 0) is 5.41 Å². The van der Waals surface area contributed by atoms with Gasteiger partial charge in [-0.15, -0.1) is 0 Å². The van der Waals surface area contributed by atoms with Gasteiger partial charge in [-0.3, -0.25) is 0 Å². The number of rotatable bonds is 5. The summed E-state index contributed by atoms with van der Waals surface area (Å²) in [6.07, 6.45) is 0. The van der Waals surface area contributed by atoms with Crippen molar-refractivity contribution in [3.8, 4) is 33.4 Å². The molecule has 210 valence electrons. The number of anilines is 3. The molecule has 1 nitrogen and oxygen atoms in total. The number of nitrogens with zero attached hydrogens (tertiary/aromatic N) is 1. The molecular formula is C43H33N. The molecule has 44 heavy (non-hydrogen) atoms. The Bertz CT molecular complexity index is 2140. The standard InChI is InChI=1S/C43H33N/c1-43(2)40-28-32(36-22-13-17-30-16-9-10-20-35(30)36)24-26-38(40)39-27-25-34(29-41(39)43)44(33-18-7-4-8-19-33)42-23-12-11-21-37(42)31-14-5-3-6-15-31/h3-29H,1-2H3. The lowest BCUT2D eigenvalue weighted by molar-refractivity contribution is 0.660. The molecule has 0 aliphatic heterocycles. The Morgan fingerprint density at radius 2 is 1.02 bits per heavy atom. The van der Waals surface area contributed by atoms with Crippen molar-refractivity contribution in [3.63, 3.8) is 0 Å². The van der Waals surface area contributed by atoms with Crippen LogP contribution in [0.2, 0.25) is 0 Å². The first-order chi connectivity index (χ1) is 21.6. The van der Waals surface area contributed by atoms with Crippen molar-refractivity contribution in [2.45, 2.75) is 19.3 Å². The van der Waals surface area contributed by atoms with Crippen LogP contribution in [0.15, 0.2) is 164 Å². The minimum absolute atomic E-state index is 0.150. The fourth-order valence-corrected chi connectivity index (χ4v) is 7.04. The topological polar surface area (TPSA) is 3.24 Å². The molecule has 0 saturated carbocycles. The van der Waals surface area contributed by atoms with Crippen LogP contribution in [-0.4, -0.2) is 0 Å². The molecule has 7 aromatic rings. The second-order valence-electron chi connectivity index (χ2n) is 12.2. The summed E-state index contributed by atoms with van der Waals surface area (Å²) in [6, 6.07) is 59.5. The molecule has 0 unspecified atom stereocenters. The van der Waals surface area contributed by atoms with Gasteiger partial charge < -0.3 is 4.90 Å². The van der Waals surface area contributed by atoms with Crippen LogP contribution in [0.3, 0.4) is 0 Å². The van der Waals surface area contributed by atoms with E-state index in [9.17, 15) is 0 Å². The van der Waals surface area contributed by atoms with Crippen LogP contribution in [0.5, 0.6) is 0 Å². The van der Waals surface area contributed by atoms with Crippen LogP contribution in [0.4, 0.5) is 17.1 Å². The molecule has 0 N–H and O–H groups in total. The Kier molecular flexibility index (Phi) is 6.20. The quantitative estimate of drug-likeness (QED) is 0.201. The van der Waals surface area contributed by atoms with Gasteiger partial charge in [0.2, 0.25) is 0 Å². The maximum atomic E-state index is 2.43. The van der Waals surface area contributed by atoms with Crippen LogP contribution in [0.25, 0.3) is 44.2 Å². The van der Waals surface area contributed by atoms with Crippen LogP contribution in [0, 0.1) is 0 Å². The average molecular weight is 564 g/mol. The van der Waals surface area contributed by atoms with E-state index in [4.69, 9.17) is 0 Å². The van der Waals surface area contributed by atoms with Crippen molar-refractivity contribution in [1.82, 2.24) is 0 Å². The van der Waals surface area contributed by atoms with E-state index in [1.807, 2.05) is 0 Å². The first kappa shape index (κ1) is 26.2. The van der Waals surface area contributed by atoms with Crippen molar-refractivity contribution >= 4 is 27.8 Å². The summed E-state index contributed by atoms with van der Waals surface area (Å²) in [6.45, 7) is 4.75. The van der Waals surface area contributed by atoms with Gasteiger partial charge in [0.25, 0.3) is 0 Å². The van der Waals surface area contributed by atoms with Crippen LogP contribution >= 0.6 is 0 Å². The lowest BCUT2D eigenvalue weighted by atomic mass is 9.81. The summed E-state index contributed by atoms with van der Waals surface area (Å²) >= 11 is 0. The van der Waals surface area contributed by atoms with Gasteiger partial charge in [0.1, 0.15) is 0 Å². The molecule has 0 aromatic heterocycles. The van der Waals surface area contributed by atoms with Gasteiger partial charge in [-0.1, -0.05) is 141 Å². The molecule has 0 fully saturated rings. The zero-order valence-corrected chi connectivity index (χ0v) is 25.0. The van der Waals surface area contributed by atoms with Gasteiger partial charge in [-0.25, -0.2) is 0 Å². The summed E-state index contributed by atoms with van der Waals surface area (Å²) in [5, 5.41) is 2.57. The molecule has 8 rings (SSSR count). The minimum atomic E-state index is -0.150. The molecule has 1 aliphatic rings. The zero-order valence-electron chi connectivity index (χ0n) is 25.0. The van der Waals surface area contributed by atoms with E-state index in [1.165, 1.54) is 55.3 Å². The third-order valence-corrected chi connectivity index (χ3v) is 9.26. The van der Waals surface area contributed by atoms with E-state index in [0.717, 1.165) is 17.1 Å². The molecule has 1 aliphatic carbocycles. The van der Waals surface area contributed by atoms with Gasteiger partial charge >= 0.3 is 0 Å². The predicted molar refractivity (Wildman–Crippen MR) is 187 cm³/mol. The molecule has 0 saturated heterocycles. The minimum Gasteiger partial charge on any atom is -0.310 e. The number of hydrogen-bond donors (Lipinski definition) is 0. The fourth-order valence-electron chi connectivity index (χ4n) is 7.04. The highest BCUT2D eigenvalue weighted by Crippen LogP contribution is 2.52. The van der Waals surface area contributed by atoms with Crippen LogP contribution < -0.4 is 4.90 Å². The van der Waals surface area contributed by atoms with Gasteiger partial charge in [0.05, 0.1) is 5.69 Å². The summed E-state index contributed by atoms with van der Waals surface area (Å²) in [7, 11) is 0. The molecule has 0 heterocycles. The molecule has 0 spiro atoms. The van der Waals surface area contributed by atoms with E-state index < -0.39 is 0 Å².